The van der Waals surface area contributed by atoms with Crippen molar-refractivity contribution in [1.82, 2.24) is 9.88 Å². The van der Waals surface area contributed by atoms with E-state index in [0.717, 1.165) is 0 Å². The average molecular weight is 251 g/mol. The number of rotatable bonds is 2. The Morgan fingerprint density at radius 3 is 2.59 bits per heavy atom. The van der Waals surface area contributed by atoms with Gasteiger partial charge in [-0.15, -0.1) is 0 Å². The van der Waals surface area contributed by atoms with E-state index < -0.39 is 0 Å². The fourth-order valence-electron chi connectivity index (χ4n) is 1.60. The Hall–Kier alpha value is -1.94. The zero-order chi connectivity index (χ0) is 12.4. The van der Waals surface area contributed by atoms with Crippen molar-refractivity contribution >= 4 is 17.5 Å². The number of halogens is 1. The maximum atomic E-state index is 11.5. The summed E-state index contributed by atoms with van der Waals surface area (Å²) in [6, 6.07) is 6.69. The monoisotopic (exact) mass is 250 g/mol. The summed E-state index contributed by atoms with van der Waals surface area (Å²) < 4.78 is 1.66. The average Bonchev–Trinajstić information content (AvgIpc) is 2.82. The molecule has 0 atom stereocenters. The van der Waals surface area contributed by atoms with Gasteiger partial charge in [-0.2, -0.15) is 0 Å². The Morgan fingerprint density at radius 1 is 1.35 bits per heavy atom. The normalized spacial score (nSPS) is 10.2. The third-order valence-electron chi connectivity index (χ3n) is 2.44. The summed E-state index contributed by atoms with van der Waals surface area (Å²) in [5, 5.41) is 12.9. The highest BCUT2D eigenvalue weighted by molar-refractivity contribution is 6.33. The first-order valence-corrected chi connectivity index (χ1v) is 5.40. The van der Waals surface area contributed by atoms with E-state index in [9.17, 15) is 9.90 Å². The summed E-state index contributed by atoms with van der Waals surface area (Å²) in [5.41, 5.74) is 0.596. The minimum absolute atomic E-state index is 0.131. The summed E-state index contributed by atoms with van der Waals surface area (Å²) >= 11 is 6.03. The van der Waals surface area contributed by atoms with Gasteiger partial charge in [-0.25, -0.2) is 0 Å². The van der Waals surface area contributed by atoms with Crippen molar-refractivity contribution in [2.45, 2.75) is 0 Å². The van der Waals surface area contributed by atoms with Gasteiger partial charge < -0.3 is 15.0 Å². The molecule has 4 nitrogen and oxygen atoms in total. The molecule has 0 aliphatic carbocycles. The molecule has 0 fully saturated rings. The van der Waals surface area contributed by atoms with Crippen LogP contribution in [-0.4, -0.2) is 22.6 Å². The maximum Gasteiger partial charge on any atom is 0.254 e. The number of phenols is 1. The molecule has 0 bridgehead atoms. The topological polar surface area (TPSA) is 54.3 Å². The minimum Gasteiger partial charge on any atom is -0.505 e. The maximum absolute atomic E-state index is 11.5. The summed E-state index contributed by atoms with van der Waals surface area (Å²) in [4.78, 5) is 11.5. The number of hydrogen-bond donors (Lipinski definition) is 2. The van der Waals surface area contributed by atoms with E-state index >= 15 is 0 Å². The van der Waals surface area contributed by atoms with Crippen LogP contribution >= 0.6 is 11.6 Å². The molecule has 1 amide bonds. The number of amides is 1. The van der Waals surface area contributed by atoms with Crippen LogP contribution in [0.25, 0.3) is 5.69 Å². The lowest BCUT2D eigenvalue weighted by atomic mass is 10.1. The van der Waals surface area contributed by atoms with Gasteiger partial charge >= 0.3 is 0 Å². The molecule has 88 valence electrons. The fourth-order valence-corrected chi connectivity index (χ4v) is 1.85. The van der Waals surface area contributed by atoms with Gasteiger partial charge in [-0.1, -0.05) is 11.6 Å². The van der Waals surface area contributed by atoms with E-state index in [2.05, 4.69) is 5.32 Å². The van der Waals surface area contributed by atoms with Crippen LogP contribution in [0.15, 0.2) is 36.7 Å². The first kappa shape index (κ1) is 11.5. The standard InChI is InChI=1S/C12H11ClN2O2/c1-14-12(17)8-4-5-9(13)10(11(8)16)15-6-2-3-7-15/h2-7,16H,1H3,(H,14,17). The van der Waals surface area contributed by atoms with Crippen LogP contribution in [0.3, 0.4) is 0 Å². The molecule has 0 aliphatic heterocycles. The van der Waals surface area contributed by atoms with Crippen LogP contribution in [0.2, 0.25) is 5.02 Å². The quantitative estimate of drug-likeness (QED) is 0.859. The van der Waals surface area contributed by atoms with Gasteiger partial charge in [-0.05, 0) is 24.3 Å². The molecule has 1 aromatic heterocycles. The number of phenolic OH excluding ortho intramolecular Hbond substituents is 1. The molecule has 2 aromatic rings. The van der Waals surface area contributed by atoms with Crippen LogP contribution < -0.4 is 5.32 Å². The van der Waals surface area contributed by atoms with E-state index in [4.69, 9.17) is 11.6 Å². The van der Waals surface area contributed by atoms with Crippen molar-refractivity contribution in [2.24, 2.45) is 0 Å². The largest absolute Gasteiger partial charge is 0.505 e. The lowest BCUT2D eigenvalue weighted by Crippen LogP contribution is -2.18. The molecular weight excluding hydrogens is 240 g/mol. The highest BCUT2D eigenvalue weighted by Gasteiger charge is 2.16. The second-order valence-corrected chi connectivity index (χ2v) is 3.87. The number of nitrogens with zero attached hydrogens (tertiary/aromatic N) is 1. The Morgan fingerprint density at radius 2 is 2.00 bits per heavy atom. The first-order chi connectivity index (χ1) is 8.15. The van der Waals surface area contributed by atoms with E-state index in [1.807, 2.05) is 12.1 Å². The van der Waals surface area contributed by atoms with E-state index in [-0.39, 0.29) is 17.2 Å². The van der Waals surface area contributed by atoms with Crippen molar-refractivity contribution in [3.8, 4) is 11.4 Å². The van der Waals surface area contributed by atoms with Crippen LogP contribution in [-0.2, 0) is 0 Å². The van der Waals surface area contributed by atoms with Crippen LogP contribution in [0.5, 0.6) is 5.75 Å². The number of benzene rings is 1. The van der Waals surface area contributed by atoms with Gasteiger partial charge in [0.1, 0.15) is 5.69 Å². The van der Waals surface area contributed by atoms with Crippen molar-refractivity contribution in [3.63, 3.8) is 0 Å². The summed E-state index contributed by atoms with van der Waals surface area (Å²) in [6.07, 6.45) is 3.49. The van der Waals surface area contributed by atoms with Gasteiger partial charge in [0.15, 0.2) is 5.75 Å². The van der Waals surface area contributed by atoms with Crippen molar-refractivity contribution in [1.29, 1.82) is 0 Å². The van der Waals surface area contributed by atoms with Gasteiger partial charge in [0.05, 0.1) is 10.6 Å². The highest BCUT2D eigenvalue weighted by Crippen LogP contribution is 2.32. The summed E-state index contributed by atoms with van der Waals surface area (Å²) in [6.45, 7) is 0. The lowest BCUT2D eigenvalue weighted by Gasteiger charge is -2.11. The number of carbonyl (C=O) groups is 1. The number of carbonyl (C=O) groups excluding carboxylic acids is 1. The molecule has 0 aliphatic rings. The van der Waals surface area contributed by atoms with Crippen LogP contribution in [0, 0.1) is 0 Å². The number of nitrogens with one attached hydrogen (secondary N) is 1. The molecule has 0 saturated heterocycles. The summed E-state index contributed by atoms with van der Waals surface area (Å²) in [5.74, 6) is -0.486. The predicted molar refractivity (Wildman–Crippen MR) is 65.8 cm³/mol. The zero-order valence-corrected chi connectivity index (χ0v) is 9.90. The van der Waals surface area contributed by atoms with E-state index in [1.54, 1.807) is 23.0 Å². The van der Waals surface area contributed by atoms with Gasteiger partial charge in [0.2, 0.25) is 0 Å². The molecular formula is C12H11ClN2O2. The third-order valence-corrected chi connectivity index (χ3v) is 2.74. The lowest BCUT2D eigenvalue weighted by molar-refractivity contribution is 0.0960. The second kappa shape index (κ2) is 4.51. The SMILES string of the molecule is CNC(=O)c1ccc(Cl)c(-n2cccc2)c1O. The Kier molecular flexibility index (Phi) is 3.06. The zero-order valence-electron chi connectivity index (χ0n) is 9.14. The second-order valence-electron chi connectivity index (χ2n) is 3.46. The Bertz CT molecular complexity index is 550. The number of aromatic nitrogens is 1. The minimum atomic E-state index is -0.354. The summed E-state index contributed by atoms with van der Waals surface area (Å²) in [7, 11) is 1.51. The fraction of sp³-hybridized carbons (Fsp3) is 0.0833. The molecule has 0 radical (unpaired) electrons. The van der Waals surface area contributed by atoms with Crippen LogP contribution in [0.1, 0.15) is 10.4 Å². The number of aromatic hydroxyl groups is 1. The molecule has 0 spiro atoms. The van der Waals surface area contributed by atoms with Gasteiger partial charge in [-0.3, -0.25) is 4.79 Å². The molecule has 1 heterocycles. The van der Waals surface area contributed by atoms with Crippen molar-refractivity contribution in [3.05, 3.63) is 47.2 Å². The van der Waals surface area contributed by atoms with Crippen molar-refractivity contribution < 1.29 is 9.90 Å². The molecule has 0 saturated carbocycles. The Balaban J connectivity index is 2.63. The molecule has 2 N–H and O–H groups in total. The molecule has 0 unspecified atom stereocenters. The molecule has 1 aromatic carbocycles. The molecule has 5 heteroatoms. The predicted octanol–water partition coefficient (Wildman–Crippen LogP) is 2.20. The van der Waals surface area contributed by atoms with Crippen molar-refractivity contribution in [2.75, 3.05) is 7.05 Å². The highest BCUT2D eigenvalue weighted by atomic mass is 35.5. The van der Waals surface area contributed by atoms with Gasteiger partial charge in [0, 0.05) is 19.4 Å². The van der Waals surface area contributed by atoms with E-state index in [0.29, 0.717) is 10.7 Å². The van der Waals surface area contributed by atoms with E-state index in [1.165, 1.54) is 13.1 Å². The number of hydrogen-bond acceptors (Lipinski definition) is 2. The third kappa shape index (κ3) is 1.99. The Labute approximate surface area is 103 Å². The molecule has 17 heavy (non-hydrogen) atoms. The smallest absolute Gasteiger partial charge is 0.254 e. The first-order valence-electron chi connectivity index (χ1n) is 5.02. The van der Waals surface area contributed by atoms with Crippen LogP contribution in [0.4, 0.5) is 0 Å². The van der Waals surface area contributed by atoms with Gasteiger partial charge in [0.25, 0.3) is 5.91 Å². The molecule has 2 rings (SSSR count).